The largest absolute Gasteiger partial charge is 0.495 e. The lowest BCUT2D eigenvalue weighted by atomic mass is 10.2. The fourth-order valence-electron chi connectivity index (χ4n) is 2.29. The van der Waals surface area contributed by atoms with Crippen LogP contribution in [0, 0.1) is 6.92 Å². The third-order valence-electron chi connectivity index (χ3n) is 3.55. The highest BCUT2D eigenvalue weighted by atomic mass is 32.1. The number of benzene rings is 1. The smallest absolute Gasteiger partial charge is 0.341 e. The lowest BCUT2D eigenvalue weighted by Crippen LogP contribution is -2.21. The number of carbonyl (C=O) groups is 3. The second-order valence-electron chi connectivity index (χ2n) is 5.33. The first-order valence-electron chi connectivity index (χ1n) is 8.00. The van der Waals surface area contributed by atoms with Crippen LogP contribution in [0.2, 0.25) is 0 Å². The Balaban J connectivity index is 2.17. The minimum absolute atomic E-state index is 0.240. The van der Waals surface area contributed by atoms with Gasteiger partial charge >= 0.3 is 18.0 Å². The van der Waals surface area contributed by atoms with Crippen molar-refractivity contribution >= 4 is 40.0 Å². The predicted molar refractivity (Wildman–Crippen MR) is 102 cm³/mol. The van der Waals surface area contributed by atoms with Crippen molar-refractivity contribution < 1.29 is 28.6 Å². The number of urea groups is 1. The van der Waals surface area contributed by atoms with Crippen LogP contribution in [0.15, 0.2) is 23.6 Å². The van der Waals surface area contributed by atoms with Crippen molar-refractivity contribution in [1.82, 2.24) is 0 Å². The molecule has 0 atom stereocenters. The van der Waals surface area contributed by atoms with Crippen molar-refractivity contribution in [3.05, 3.63) is 40.3 Å². The number of amides is 2. The van der Waals surface area contributed by atoms with E-state index in [9.17, 15) is 14.4 Å². The number of ether oxygens (including phenoxy) is 3. The van der Waals surface area contributed by atoms with Gasteiger partial charge in [0.1, 0.15) is 10.8 Å². The van der Waals surface area contributed by atoms with Gasteiger partial charge in [0.15, 0.2) is 0 Å². The Labute approximate surface area is 160 Å². The Kier molecular flexibility index (Phi) is 6.78. The van der Waals surface area contributed by atoms with Crippen LogP contribution < -0.4 is 15.4 Å². The monoisotopic (exact) mass is 392 g/mol. The molecule has 1 aromatic carbocycles. The van der Waals surface area contributed by atoms with Crippen LogP contribution >= 0.6 is 11.3 Å². The summed E-state index contributed by atoms with van der Waals surface area (Å²) in [4.78, 5) is 36.0. The lowest BCUT2D eigenvalue weighted by molar-refractivity contribution is 0.0526. The second-order valence-corrected chi connectivity index (χ2v) is 6.21. The van der Waals surface area contributed by atoms with Crippen LogP contribution in [-0.2, 0) is 9.47 Å². The van der Waals surface area contributed by atoms with Gasteiger partial charge in [-0.1, -0.05) is 0 Å². The summed E-state index contributed by atoms with van der Waals surface area (Å²) in [5.74, 6) is -0.718. The van der Waals surface area contributed by atoms with E-state index in [4.69, 9.17) is 9.47 Å². The summed E-state index contributed by atoms with van der Waals surface area (Å²) in [6.45, 7) is 3.72. The first-order valence-corrected chi connectivity index (χ1v) is 8.88. The fourth-order valence-corrected chi connectivity index (χ4v) is 3.22. The third-order valence-corrected chi connectivity index (χ3v) is 4.57. The maximum absolute atomic E-state index is 12.4. The molecule has 2 amide bonds. The number of anilines is 2. The minimum Gasteiger partial charge on any atom is -0.495 e. The molecule has 8 nitrogen and oxygen atoms in total. The van der Waals surface area contributed by atoms with Crippen LogP contribution in [0.4, 0.5) is 15.5 Å². The Morgan fingerprint density at radius 1 is 1.11 bits per heavy atom. The van der Waals surface area contributed by atoms with Gasteiger partial charge in [-0.2, -0.15) is 0 Å². The number of hydrogen-bond acceptors (Lipinski definition) is 7. The summed E-state index contributed by atoms with van der Waals surface area (Å²) in [5.41, 5.74) is 1.69. The van der Waals surface area contributed by atoms with Crippen molar-refractivity contribution in [1.29, 1.82) is 0 Å². The predicted octanol–water partition coefficient (Wildman–Crippen LogP) is 3.67. The summed E-state index contributed by atoms with van der Waals surface area (Å²) in [7, 11) is 2.69. The quantitative estimate of drug-likeness (QED) is 0.727. The van der Waals surface area contributed by atoms with Gasteiger partial charge < -0.3 is 19.5 Å². The van der Waals surface area contributed by atoms with Crippen molar-refractivity contribution in [3.8, 4) is 5.75 Å². The molecule has 0 aliphatic rings. The van der Waals surface area contributed by atoms with E-state index in [1.165, 1.54) is 43.8 Å². The zero-order chi connectivity index (χ0) is 20.0. The topological polar surface area (TPSA) is 103 Å². The number of nitrogens with one attached hydrogen (secondary N) is 2. The SMILES string of the molecule is CCOC(=O)c1c(C)csc1NC(=O)Nc1ccc(C(=O)OC)cc1OC. The first kappa shape index (κ1) is 20.2. The standard InChI is InChI=1S/C18H20N2O6S/c1-5-26-17(22)14-10(2)9-27-15(14)20-18(23)19-12-7-6-11(16(21)25-4)8-13(12)24-3/h6-9H,5H2,1-4H3,(H2,19,20,23). The Morgan fingerprint density at radius 3 is 2.48 bits per heavy atom. The van der Waals surface area contributed by atoms with Gasteiger partial charge in [-0.15, -0.1) is 11.3 Å². The molecule has 0 aliphatic heterocycles. The van der Waals surface area contributed by atoms with E-state index in [-0.39, 0.29) is 6.61 Å². The van der Waals surface area contributed by atoms with E-state index < -0.39 is 18.0 Å². The summed E-state index contributed by atoms with van der Waals surface area (Å²) in [6, 6.07) is 3.92. The summed E-state index contributed by atoms with van der Waals surface area (Å²) < 4.78 is 14.9. The van der Waals surface area contributed by atoms with Crippen molar-refractivity contribution in [3.63, 3.8) is 0 Å². The number of esters is 2. The van der Waals surface area contributed by atoms with Crippen LogP contribution in [0.1, 0.15) is 33.2 Å². The Hall–Kier alpha value is -3.07. The van der Waals surface area contributed by atoms with E-state index >= 15 is 0 Å². The zero-order valence-corrected chi connectivity index (χ0v) is 16.2. The Morgan fingerprint density at radius 2 is 1.85 bits per heavy atom. The van der Waals surface area contributed by atoms with Gasteiger partial charge in [0.25, 0.3) is 0 Å². The second kappa shape index (κ2) is 9.04. The fraction of sp³-hybridized carbons (Fsp3) is 0.278. The number of rotatable bonds is 6. The normalized spacial score (nSPS) is 10.1. The van der Waals surface area contributed by atoms with Crippen LogP contribution in [0.5, 0.6) is 5.75 Å². The van der Waals surface area contributed by atoms with Gasteiger partial charge in [0, 0.05) is 0 Å². The lowest BCUT2D eigenvalue weighted by Gasteiger charge is -2.12. The van der Waals surface area contributed by atoms with Crippen LogP contribution in [-0.4, -0.2) is 38.8 Å². The number of hydrogen-bond donors (Lipinski definition) is 2. The van der Waals surface area contributed by atoms with E-state index in [0.29, 0.717) is 33.1 Å². The summed E-state index contributed by atoms with van der Waals surface area (Å²) in [5, 5.41) is 7.41. The molecule has 0 unspecified atom stereocenters. The summed E-state index contributed by atoms with van der Waals surface area (Å²) >= 11 is 1.22. The number of aryl methyl sites for hydroxylation is 1. The van der Waals surface area contributed by atoms with Gasteiger partial charge in [-0.25, -0.2) is 14.4 Å². The van der Waals surface area contributed by atoms with Gasteiger partial charge in [-0.05, 0) is 43.0 Å². The van der Waals surface area contributed by atoms with Crippen molar-refractivity contribution in [2.45, 2.75) is 13.8 Å². The van der Waals surface area contributed by atoms with E-state index in [1.54, 1.807) is 19.2 Å². The molecule has 0 saturated heterocycles. The maximum Gasteiger partial charge on any atom is 0.341 e. The van der Waals surface area contributed by atoms with E-state index in [2.05, 4.69) is 15.4 Å². The molecule has 0 bridgehead atoms. The van der Waals surface area contributed by atoms with Gasteiger partial charge in [0.05, 0.1) is 37.6 Å². The molecule has 0 aliphatic carbocycles. The first-order chi connectivity index (χ1) is 12.9. The average Bonchev–Trinajstić information content (AvgIpc) is 3.01. The molecule has 1 aromatic heterocycles. The molecule has 2 N–H and O–H groups in total. The molecule has 2 aromatic rings. The van der Waals surface area contributed by atoms with E-state index in [0.717, 1.165) is 0 Å². The molecule has 0 radical (unpaired) electrons. The molecule has 144 valence electrons. The molecule has 0 fully saturated rings. The highest BCUT2D eigenvalue weighted by Gasteiger charge is 2.20. The Bertz CT molecular complexity index is 862. The molecule has 9 heteroatoms. The van der Waals surface area contributed by atoms with Crippen LogP contribution in [0.3, 0.4) is 0 Å². The third kappa shape index (κ3) is 4.76. The van der Waals surface area contributed by atoms with Gasteiger partial charge in [0.2, 0.25) is 0 Å². The molecule has 2 rings (SSSR count). The highest BCUT2D eigenvalue weighted by Crippen LogP contribution is 2.30. The van der Waals surface area contributed by atoms with E-state index in [1.807, 2.05) is 0 Å². The number of thiophene rings is 1. The molecule has 0 spiro atoms. The van der Waals surface area contributed by atoms with Crippen LogP contribution in [0.25, 0.3) is 0 Å². The van der Waals surface area contributed by atoms with Crippen molar-refractivity contribution in [2.75, 3.05) is 31.5 Å². The number of carbonyl (C=O) groups excluding carboxylic acids is 3. The minimum atomic E-state index is -0.563. The molecular weight excluding hydrogens is 372 g/mol. The molecular formula is C18H20N2O6S. The maximum atomic E-state index is 12.4. The zero-order valence-electron chi connectivity index (χ0n) is 15.4. The highest BCUT2D eigenvalue weighted by molar-refractivity contribution is 7.15. The van der Waals surface area contributed by atoms with Gasteiger partial charge in [-0.3, -0.25) is 5.32 Å². The molecule has 0 saturated carbocycles. The molecule has 27 heavy (non-hydrogen) atoms. The number of methoxy groups -OCH3 is 2. The summed E-state index contributed by atoms with van der Waals surface area (Å²) in [6.07, 6.45) is 0. The average molecular weight is 392 g/mol. The van der Waals surface area contributed by atoms with Crippen molar-refractivity contribution in [2.24, 2.45) is 0 Å². The molecule has 1 heterocycles.